The smallest absolute Gasteiger partial charge is 0.118 e. The van der Waals surface area contributed by atoms with Crippen molar-refractivity contribution in [3.63, 3.8) is 0 Å². The van der Waals surface area contributed by atoms with E-state index in [0.717, 1.165) is 45.8 Å². The maximum atomic E-state index is 6.85. The minimum atomic E-state index is 0.428. The molecule has 0 aliphatic carbocycles. The summed E-state index contributed by atoms with van der Waals surface area (Å²) >= 11 is 0. The summed E-state index contributed by atoms with van der Waals surface area (Å²) in [5.41, 5.74) is 6.04. The van der Waals surface area contributed by atoms with Gasteiger partial charge in [0.25, 0.3) is 0 Å². The fourth-order valence-corrected chi connectivity index (χ4v) is 1.21. The molecule has 0 aromatic rings. The molecule has 0 aromatic carbocycles. The lowest BCUT2D eigenvalue weighted by Gasteiger charge is -2.07. The fraction of sp³-hybridized carbons (Fsp3) is 1.00. The predicted octanol–water partition coefficient (Wildman–Crippen LogP) is -2.74. The van der Waals surface area contributed by atoms with Gasteiger partial charge in [-0.2, -0.15) is 0 Å². The average molecular weight is 234 g/mol. The summed E-state index contributed by atoms with van der Waals surface area (Å²) in [6, 6.07) is 0. The van der Waals surface area contributed by atoms with Crippen LogP contribution in [0.15, 0.2) is 0 Å². The van der Waals surface area contributed by atoms with Crippen LogP contribution in [-0.2, 0) is 0 Å². The molecule has 0 rings (SSSR count). The van der Waals surface area contributed by atoms with Crippen LogP contribution in [0.5, 0.6) is 0 Å². The van der Waals surface area contributed by atoms with Crippen molar-refractivity contribution >= 4 is 0 Å². The van der Waals surface area contributed by atoms with E-state index >= 15 is 0 Å². The molecule has 0 radical (unpaired) electrons. The molecule has 0 heterocycles. The van der Waals surface area contributed by atoms with Crippen LogP contribution in [0.25, 0.3) is 0 Å². The Labute approximate surface area is 102 Å². The van der Waals surface area contributed by atoms with Crippen LogP contribution >= 0.6 is 0 Å². The van der Waals surface area contributed by atoms with E-state index < -0.39 is 0 Å². The first-order chi connectivity index (χ1) is 8.77. The zero-order valence-corrected chi connectivity index (χ0v) is 10.1. The molecular weight excluding hydrogens is 204 g/mol. The Kier molecular flexibility index (Phi) is 11.3. The number of hydrogen-bond donors (Lipinski definition) is 6. The van der Waals surface area contributed by atoms with Crippen LogP contribution in [0.4, 0.5) is 0 Å². The first-order valence-corrected chi connectivity index (χ1v) is 6.05. The first kappa shape index (κ1) is 12.2. The highest BCUT2D eigenvalue weighted by atomic mass is 15.0. The Balaban J connectivity index is 2.90. The van der Waals surface area contributed by atoms with Crippen LogP contribution in [0.2, 0.25) is 2.82 Å². The maximum absolute atomic E-state index is 6.85. The van der Waals surface area contributed by atoms with Crippen molar-refractivity contribution in [3.8, 4) is 0 Å². The van der Waals surface area contributed by atoms with E-state index in [1.54, 1.807) is 0 Å². The molecule has 16 heavy (non-hydrogen) atoms. The van der Waals surface area contributed by atoms with Gasteiger partial charge in [-0.05, 0) is 0 Å². The fourth-order valence-electron chi connectivity index (χ4n) is 1.21. The van der Waals surface area contributed by atoms with Gasteiger partial charge in [0, 0.05) is 65.4 Å². The molecule has 6 heteroatoms. The van der Waals surface area contributed by atoms with E-state index in [2.05, 4.69) is 21.3 Å². The largest absolute Gasteiger partial charge is 0.329 e. The van der Waals surface area contributed by atoms with Gasteiger partial charge in [0.1, 0.15) is 2.82 Å². The van der Waals surface area contributed by atoms with E-state index in [-0.39, 0.29) is 0 Å². The molecule has 0 fully saturated rings. The topological polar surface area (TPSA) is 100 Å². The highest BCUT2D eigenvalue weighted by Gasteiger charge is 1.88. The van der Waals surface area contributed by atoms with Crippen molar-refractivity contribution in [3.05, 3.63) is 0 Å². The number of nitrogens with two attached hydrogens (primary N) is 2. The van der Waals surface area contributed by atoms with Crippen molar-refractivity contribution in [2.45, 2.75) is 0 Å². The third-order valence-corrected chi connectivity index (χ3v) is 2.05. The summed E-state index contributed by atoms with van der Waals surface area (Å²) in [6.07, 6.45) is 0. The molecule has 0 bridgehead atoms. The van der Waals surface area contributed by atoms with Crippen molar-refractivity contribution < 1.29 is 2.82 Å². The summed E-state index contributed by atoms with van der Waals surface area (Å²) in [5.74, 6) is 0. The van der Waals surface area contributed by atoms with E-state index in [1.807, 2.05) is 0 Å². The molecule has 0 aliphatic rings. The molecule has 0 amide bonds. The molecule has 0 unspecified atom stereocenters. The van der Waals surface area contributed by atoms with E-state index in [4.69, 9.17) is 8.56 Å². The van der Waals surface area contributed by atoms with Gasteiger partial charge in [-0.1, -0.05) is 0 Å². The molecule has 8 N–H and O–H groups in total. The highest BCUT2D eigenvalue weighted by Crippen LogP contribution is 1.62. The van der Waals surface area contributed by atoms with Gasteiger partial charge in [0.15, 0.2) is 0 Å². The summed E-state index contributed by atoms with van der Waals surface area (Å²) in [5, 5.41) is 13.0. The van der Waals surface area contributed by atoms with Gasteiger partial charge < -0.3 is 32.7 Å². The average Bonchev–Trinajstić information content (AvgIpc) is 2.34. The third kappa shape index (κ3) is 13.8. The van der Waals surface area contributed by atoms with Gasteiger partial charge in [-0.15, -0.1) is 0 Å². The number of nitrogens with one attached hydrogen (secondary N) is 4. The minimum Gasteiger partial charge on any atom is -0.329 e. The van der Waals surface area contributed by atoms with E-state index in [1.165, 1.54) is 0 Å². The standard InChI is InChI=1S/C10H28N6/c11-1-3-13-5-7-15-9-10-16-8-6-14-4-2-12/h13-16H,1-12H2/i/hD2. The van der Waals surface area contributed by atoms with E-state index in [9.17, 15) is 0 Å². The molecule has 0 spiro atoms. The molecule has 0 aromatic heterocycles. The van der Waals surface area contributed by atoms with Crippen molar-refractivity contribution in [2.24, 2.45) is 11.5 Å². The first-order valence-electron chi connectivity index (χ1n) is 6.95. The third-order valence-electron chi connectivity index (χ3n) is 2.05. The van der Waals surface area contributed by atoms with Crippen LogP contribution < -0.4 is 32.7 Å². The Hall–Kier alpha value is -0.240. The summed E-state index contributed by atoms with van der Waals surface area (Å²) < 4.78 is 13.7. The molecule has 98 valence electrons. The Bertz CT molecular complexity index is 161. The molecule has 6 nitrogen and oxygen atoms in total. The van der Waals surface area contributed by atoms with Gasteiger partial charge >= 0.3 is 0 Å². The zero-order chi connectivity index (χ0) is 13.5. The second kappa shape index (κ2) is 14.8. The Morgan fingerprint density at radius 1 is 0.625 bits per heavy atom. The van der Waals surface area contributed by atoms with Crippen molar-refractivity contribution in [2.75, 3.05) is 65.4 Å². The number of hydrogen-bond acceptors (Lipinski definition) is 6. The molecule has 0 atom stereocenters. The predicted molar refractivity (Wildman–Crippen MR) is 69.6 cm³/mol. The highest BCUT2D eigenvalue weighted by molar-refractivity contribution is 4.56. The summed E-state index contributed by atoms with van der Waals surface area (Å²) in [4.78, 5) is 0. The Morgan fingerprint density at radius 2 is 1.00 bits per heavy atom. The molecule has 0 saturated heterocycles. The second-order valence-corrected chi connectivity index (χ2v) is 3.51. The minimum absolute atomic E-state index is 0.428. The summed E-state index contributed by atoms with van der Waals surface area (Å²) in [7, 11) is 0. The second-order valence-electron chi connectivity index (χ2n) is 3.51. The van der Waals surface area contributed by atoms with Gasteiger partial charge in [-0.3, -0.25) is 0 Å². The summed E-state index contributed by atoms with van der Waals surface area (Å²) in [6.45, 7) is 8.26. The van der Waals surface area contributed by atoms with Crippen LogP contribution in [0.3, 0.4) is 0 Å². The normalized spacial score (nSPS) is 12.9. The zero-order valence-electron chi connectivity index (χ0n) is 12.1. The van der Waals surface area contributed by atoms with E-state index in [0.29, 0.717) is 25.4 Å². The quantitative estimate of drug-likeness (QED) is 0.182. The van der Waals surface area contributed by atoms with Crippen LogP contribution in [0, 0.1) is 0 Å². The van der Waals surface area contributed by atoms with Gasteiger partial charge in [0.2, 0.25) is 0 Å². The lowest BCUT2D eigenvalue weighted by molar-refractivity contribution is 0.569. The Morgan fingerprint density at radius 3 is 1.38 bits per heavy atom. The number of rotatable bonds is 14. The lowest BCUT2D eigenvalue weighted by atomic mass is 10.5. The molecule has 0 aliphatic heterocycles. The molecule has 0 saturated carbocycles. The maximum Gasteiger partial charge on any atom is 0.118 e. The van der Waals surface area contributed by atoms with Crippen molar-refractivity contribution in [1.29, 1.82) is 0 Å². The lowest BCUT2D eigenvalue weighted by Crippen LogP contribution is -2.36. The SMILES string of the molecule is [2H]N([2H])CCNCCNCCNCCNCCN. The monoisotopic (exact) mass is 234 g/mol. The van der Waals surface area contributed by atoms with Gasteiger partial charge in [0.05, 0.1) is 0 Å². The van der Waals surface area contributed by atoms with Gasteiger partial charge in [-0.25, -0.2) is 0 Å². The molecular formula is C10H28N6. The van der Waals surface area contributed by atoms with Crippen LogP contribution in [-0.4, -0.2) is 65.4 Å². The van der Waals surface area contributed by atoms with Crippen molar-refractivity contribution in [1.82, 2.24) is 21.3 Å². The van der Waals surface area contributed by atoms with Crippen LogP contribution in [0.1, 0.15) is 0 Å².